The Morgan fingerprint density at radius 1 is 1.28 bits per heavy atom. The molecule has 18 heavy (non-hydrogen) atoms. The van der Waals surface area contributed by atoms with Gasteiger partial charge in [-0.25, -0.2) is 4.39 Å². The Balaban J connectivity index is 2.48. The lowest BCUT2D eigenvalue weighted by Crippen LogP contribution is -2.30. The van der Waals surface area contributed by atoms with Crippen molar-refractivity contribution in [1.82, 2.24) is 0 Å². The largest absolute Gasteiger partial charge is 0.488 e. The smallest absolute Gasteiger partial charge is 0.423 e. The fourth-order valence-corrected chi connectivity index (χ4v) is 1.40. The molecule has 0 aliphatic rings. The summed E-state index contributed by atoms with van der Waals surface area (Å²) in [5, 5.41) is 17.8. The minimum Gasteiger partial charge on any atom is -0.423 e. The second-order valence-corrected chi connectivity index (χ2v) is 5.59. The molecule has 3 nitrogen and oxygen atoms in total. The van der Waals surface area contributed by atoms with E-state index in [0.717, 1.165) is 12.5 Å². The van der Waals surface area contributed by atoms with Gasteiger partial charge in [-0.1, -0.05) is 32.9 Å². The summed E-state index contributed by atoms with van der Waals surface area (Å²) in [5.74, 6) is -0.476. The monoisotopic (exact) mass is 254 g/mol. The van der Waals surface area contributed by atoms with E-state index in [0.29, 0.717) is 12.2 Å². The molecule has 1 rings (SSSR count). The molecule has 0 atom stereocenters. The van der Waals surface area contributed by atoms with E-state index in [9.17, 15) is 4.39 Å². The average molecular weight is 254 g/mol. The van der Waals surface area contributed by atoms with Crippen LogP contribution in [-0.4, -0.2) is 23.8 Å². The van der Waals surface area contributed by atoms with Crippen LogP contribution in [0.15, 0.2) is 18.2 Å². The first-order valence-electron chi connectivity index (χ1n) is 6.02. The summed E-state index contributed by atoms with van der Waals surface area (Å²) >= 11 is 0. The number of rotatable bonds is 5. The molecule has 0 aromatic heterocycles. The predicted octanol–water partition coefficient (Wildman–Crippen LogP) is 1.46. The molecule has 0 saturated heterocycles. The minimum atomic E-state index is -1.64. The Morgan fingerprint density at radius 3 is 2.44 bits per heavy atom. The SMILES string of the molecule is CC(C)(C)CCOCc1ccc(B(O)O)cc1F. The van der Waals surface area contributed by atoms with Gasteiger partial charge in [0.1, 0.15) is 5.82 Å². The van der Waals surface area contributed by atoms with E-state index in [1.165, 1.54) is 12.1 Å². The highest BCUT2D eigenvalue weighted by molar-refractivity contribution is 6.58. The Kier molecular flexibility index (Phi) is 5.32. The van der Waals surface area contributed by atoms with Crippen LogP contribution in [0.25, 0.3) is 0 Å². The van der Waals surface area contributed by atoms with Gasteiger partial charge >= 0.3 is 7.12 Å². The molecule has 2 N–H and O–H groups in total. The Hall–Kier alpha value is -0.905. The van der Waals surface area contributed by atoms with Gasteiger partial charge in [-0.05, 0) is 23.4 Å². The maximum absolute atomic E-state index is 13.6. The molecule has 0 aliphatic heterocycles. The third kappa shape index (κ3) is 5.17. The first kappa shape index (κ1) is 15.2. The van der Waals surface area contributed by atoms with Crippen molar-refractivity contribution in [3.05, 3.63) is 29.6 Å². The number of hydrogen-bond donors (Lipinski definition) is 2. The molecular weight excluding hydrogens is 234 g/mol. The topological polar surface area (TPSA) is 49.7 Å². The van der Waals surface area contributed by atoms with Crippen molar-refractivity contribution in [2.75, 3.05) is 6.61 Å². The van der Waals surface area contributed by atoms with Crippen LogP contribution >= 0.6 is 0 Å². The van der Waals surface area contributed by atoms with E-state index < -0.39 is 12.9 Å². The highest BCUT2D eigenvalue weighted by atomic mass is 19.1. The molecule has 0 amide bonds. The van der Waals surface area contributed by atoms with Crippen LogP contribution in [0.3, 0.4) is 0 Å². The molecule has 1 aromatic carbocycles. The Bertz CT molecular complexity index is 388. The van der Waals surface area contributed by atoms with Crippen molar-refractivity contribution in [2.45, 2.75) is 33.8 Å². The fraction of sp³-hybridized carbons (Fsp3) is 0.538. The van der Waals surface area contributed by atoms with Crippen LogP contribution in [0.1, 0.15) is 32.8 Å². The zero-order valence-electron chi connectivity index (χ0n) is 11.1. The van der Waals surface area contributed by atoms with Crippen molar-refractivity contribution in [1.29, 1.82) is 0 Å². The van der Waals surface area contributed by atoms with Crippen molar-refractivity contribution < 1.29 is 19.2 Å². The van der Waals surface area contributed by atoms with Crippen molar-refractivity contribution in [3.63, 3.8) is 0 Å². The zero-order chi connectivity index (χ0) is 13.8. The van der Waals surface area contributed by atoms with Gasteiger partial charge in [-0.3, -0.25) is 0 Å². The molecule has 5 heteroatoms. The van der Waals surface area contributed by atoms with Gasteiger partial charge in [0.15, 0.2) is 0 Å². The van der Waals surface area contributed by atoms with E-state index in [-0.39, 0.29) is 17.5 Å². The lowest BCUT2D eigenvalue weighted by molar-refractivity contribution is 0.0943. The molecule has 0 fully saturated rings. The van der Waals surface area contributed by atoms with Crippen molar-refractivity contribution >= 4 is 12.6 Å². The number of ether oxygens (including phenoxy) is 1. The second kappa shape index (κ2) is 6.32. The van der Waals surface area contributed by atoms with E-state index in [1.54, 1.807) is 0 Å². The standard InChI is InChI=1S/C13H20BFO3/c1-13(2,3)6-7-18-9-10-4-5-11(14(16)17)8-12(10)15/h4-5,8,16-17H,6-7,9H2,1-3H3. The zero-order valence-corrected chi connectivity index (χ0v) is 11.1. The van der Waals surface area contributed by atoms with E-state index in [2.05, 4.69) is 20.8 Å². The summed E-state index contributed by atoms with van der Waals surface area (Å²) in [6, 6.07) is 4.12. The maximum atomic E-state index is 13.6. The van der Waals surface area contributed by atoms with Crippen LogP contribution < -0.4 is 5.46 Å². The van der Waals surface area contributed by atoms with Gasteiger partial charge in [-0.2, -0.15) is 0 Å². The molecule has 0 heterocycles. The summed E-state index contributed by atoms with van der Waals surface area (Å²) in [6.07, 6.45) is 0.905. The minimum absolute atomic E-state index is 0.144. The number of benzene rings is 1. The van der Waals surface area contributed by atoms with Crippen LogP contribution in [0.5, 0.6) is 0 Å². The molecule has 0 spiro atoms. The lowest BCUT2D eigenvalue weighted by Gasteiger charge is -2.17. The van der Waals surface area contributed by atoms with Crippen molar-refractivity contribution in [2.24, 2.45) is 5.41 Å². The molecule has 0 unspecified atom stereocenters. The van der Waals surface area contributed by atoms with Gasteiger partial charge in [-0.15, -0.1) is 0 Å². The van der Waals surface area contributed by atoms with E-state index >= 15 is 0 Å². The molecule has 1 aromatic rings. The summed E-state index contributed by atoms with van der Waals surface area (Å²) in [5.41, 5.74) is 0.767. The summed E-state index contributed by atoms with van der Waals surface area (Å²) < 4.78 is 19.0. The van der Waals surface area contributed by atoms with Gasteiger partial charge < -0.3 is 14.8 Å². The summed E-state index contributed by atoms with van der Waals surface area (Å²) in [6.45, 7) is 7.13. The lowest BCUT2D eigenvalue weighted by atomic mass is 9.80. The van der Waals surface area contributed by atoms with Gasteiger partial charge in [0.25, 0.3) is 0 Å². The Morgan fingerprint density at radius 2 is 1.94 bits per heavy atom. The van der Waals surface area contributed by atoms with Gasteiger partial charge in [0.2, 0.25) is 0 Å². The molecular formula is C13H20BFO3. The van der Waals surface area contributed by atoms with Crippen molar-refractivity contribution in [3.8, 4) is 0 Å². The summed E-state index contributed by atoms with van der Waals surface area (Å²) in [7, 11) is -1.64. The highest BCUT2D eigenvalue weighted by Gasteiger charge is 2.14. The van der Waals surface area contributed by atoms with Gasteiger partial charge in [0, 0.05) is 12.2 Å². The first-order chi connectivity index (χ1) is 8.29. The van der Waals surface area contributed by atoms with Crippen LogP contribution in [0.4, 0.5) is 4.39 Å². The van der Waals surface area contributed by atoms with E-state index in [4.69, 9.17) is 14.8 Å². The molecule has 0 bridgehead atoms. The average Bonchev–Trinajstić information content (AvgIpc) is 2.24. The normalized spacial score (nSPS) is 11.7. The molecule has 0 saturated carbocycles. The quantitative estimate of drug-likeness (QED) is 0.617. The number of hydrogen-bond acceptors (Lipinski definition) is 3. The third-order valence-electron chi connectivity index (χ3n) is 2.63. The first-order valence-corrected chi connectivity index (χ1v) is 6.02. The maximum Gasteiger partial charge on any atom is 0.488 e. The predicted molar refractivity (Wildman–Crippen MR) is 70.0 cm³/mol. The fourth-order valence-electron chi connectivity index (χ4n) is 1.40. The van der Waals surface area contributed by atoms with Crippen LogP contribution in [-0.2, 0) is 11.3 Å². The van der Waals surface area contributed by atoms with Gasteiger partial charge in [0.05, 0.1) is 6.61 Å². The molecule has 0 radical (unpaired) electrons. The van der Waals surface area contributed by atoms with Crippen LogP contribution in [0, 0.1) is 11.2 Å². The van der Waals surface area contributed by atoms with E-state index in [1.807, 2.05) is 0 Å². The third-order valence-corrected chi connectivity index (χ3v) is 2.63. The number of halogens is 1. The van der Waals surface area contributed by atoms with Crippen LogP contribution in [0.2, 0.25) is 0 Å². The highest BCUT2D eigenvalue weighted by Crippen LogP contribution is 2.18. The molecule has 0 aliphatic carbocycles. The Labute approximate surface area is 108 Å². The second-order valence-electron chi connectivity index (χ2n) is 5.59. The summed E-state index contributed by atoms with van der Waals surface area (Å²) in [4.78, 5) is 0. The molecule has 100 valence electrons.